The predicted octanol–water partition coefficient (Wildman–Crippen LogP) is 3.19. The first-order valence-corrected chi connectivity index (χ1v) is 9.96. The van der Waals surface area contributed by atoms with Crippen LogP contribution in [0.25, 0.3) is 0 Å². The summed E-state index contributed by atoms with van der Waals surface area (Å²) in [6.07, 6.45) is 0. The minimum atomic E-state index is -3.29. The van der Waals surface area contributed by atoms with Crippen LogP contribution in [0.5, 0.6) is 0 Å². The summed E-state index contributed by atoms with van der Waals surface area (Å²) in [5, 5.41) is 0.589. The highest BCUT2D eigenvalue weighted by Gasteiger charge is 2.51. The highest BCUT2D eigenvalue weighted by atomic mass is 31.2. The second kappa shape index (κ2) is 6.93. The van der Waals surface area contributed by atoms with Crippen molar-refractivity contribution in [1.29, 1.82) is 0 Å². The summed E-state index contributed by atoms with van der Waals surface area (Å²) in [5.41, 5.74) is 0.953. The quantitative estimate of drug-likeness (QED) is 0.580. The molecule has 1 aliphatic rings. The minimum absolute atomic E-state index is 0.329. The van der Waals surface area contributed by atoms with Gasteiger partial charge in [0.1, 0.15) is 0 Å². The average Bonchev–Trinajstić information content (AvgIpc) is 2.67. The van der Waals surface area contributed by atoms with Crippen LogP contribution in [-0.4, -0.2) is 31.5 Å². The molecule has 0 saturated carbocycles. The van der Waals surface area contributed by atoms with Crippen molar-refractivity contribution in [1.82, 2.24) is 0 Å². The number of hydrogen-bond donors (Lipinski definition) is 0. The van der Waals surface area contributed by atoms with Crippen molar-refractivity contribution < 1.29 is 22.9 Å². The van der Waals surface area contributed by atoms with E-state index in [1.54, 1.807) is 19.9 Å². The Kier molecular flexibility index (Phi) is 5.68. The maximum Gasteiger partial charge on any atom is 0.494 e. The fourth-order valence-corrected chi connectivity index (χ4v) is 4.41. The molecule has 0 aromatic heterocycles. The lowest BCUT2D eigenvalue weighted by molar-refractivity contribution is 0.00578. The van der Waals surface area contributed by atoms with Crippen molar-refractivity contribution in [2.75, 3.05) is 13.2 Å². The lowest BCUT2D eigenvalue weighted by atomic mass is 9.78. The van der Waals surface area contributed by atoms with Crippen LogP contribution >= 0.6 is 7.60 Å². The van der Waals surface area contributed by atoms with E-state index in [0.29, 0.717) is 18.5 Å². The topological polar surface area (TPSA) is 54.0 Å². The maximum atomic E-state index is 13.0. The van der Waals surface area contributed by atoms with Crippen LogP contribution in [-0.2, 0) is 22.9 Å². The van der Waals surface area contributed by atoms with Gasteiger partial charge in [-0.2, -0.15) is 0 Å². The number of hydrogen-bond acceptors (Lipinski definition) is 5. The molecule has 1 saturated heterocycles. The van der Waals surface area contributed by atoms with Crippen LogP contribution in [0.15, 0.2) is 18.2 Å². The van der Waals surface area contributed by atoms with Gasteiger partial charge in [0, 0.05) is 0 Å². The summed E-state index contributed by atoms with van der Waals surface area (Å²) in [4.78, 5) is 0. The Morgan fingerprint density at radius 2 is 1.54 bits per heavy atom. The molecule has 7 heteroatoms. The van der Waals surface area contributed by atoms with Crippen molar-refractivity contribution in [2.45, 2.75) is 59.7 Å². The molecule has 1 aromatic rings. The lowest BCUT2D eigenvalue weighted by Gasteiger charge is -2.32. The molecule has 0 atom stereocenters. The maximum absolute atomic E-state index is 13.0. The van der Waals surface area contributed by atoms with Gasteiger partial charge in [-0.05, 0) is 65.6 Å². The van der Waals surface area contributed by atoms with Gasteiger partial charge in [-0.15, -0.1) is 0 Å². The third-order valence-corrected chi connectivity index (χ3v) is 6.93. The Bertz CT molecular complexity index is 618. The SMILES string of the molecule is CCOP(=O)(OCC)c1ccc(B2OC(C)(C)C(C)(C)O2)cc1C. The van der Waals surface area contributed by atoms with Gasteiger partial charge < -0.3 is 18.4 Å². The van der Waals surface area contributed by atoms with Gasteiger partial charge in [0.05, 0.1) is 29.7 Å². The van der Waals surface area contributed by atoms with Crippen molar-refractivity contribution in [3.63, 3.8) is 0 Å². The van der Waals surface area contributed by atoms with E-state index in [9.17, 15) is 4.57 Å². The molecular weight excluding hydrogens is 326 g/mol. The molecule has 0 N–H and O–H groups in total. The first-order valence-electron chi connectivity index (χ1n) is 8.42. The molecule has 1 aromatic carbocycles. The zero-order valence-corrected chi connectivity index (χ0v) is 16.6. The lowest BCUT2D eigenvalue weighted by Crippen LogP contribution is -2.41. The third-order valence-electron chi connectivity index (χ3n) is 4.64. The van der Waals surface area contributed by atoms with Gasteiger partial charge in [-0.25, -0.2) is 0 Å². The molecule has 5 nitrogen and oxygen atoms in total. The molecule has 1 fully saturated rings. The summed E-state index contributed by atoms with van der Waals surface area (Å²) >= 11 is 0. The van der Waals surface area contributed by atoms with Gasteiger partial charge in [0.25, 0.3) is 0 Å². The van der Waals surface area contributed by atoms with E-state index in [4.69, 9.17) is 18.4 Å². The molecule has 1 heterocycles. The number of rotatable bonds is 6. The summed E-state index contributed by atoms with van der Waals surface area (Å²) in [5.74, 6) is 0. The first kappa shape index (κ1) is 19.7. The first-order chi connectivity index (χ1) is 11.1. The molecule has 1 aliphatic heterocycles. The van der Waals surface area contributed by atoms with E-state index < -0.39 is 25.9 Å². The van der Waals surface area contributed by atoms with Gasteiger partial charge >= 0.3 is 14.7 Å². The Labute approximate surface area is 145 Å². The van der Waals surface area contributed by atoms with Gasteiger partial charge in [-0.3, -0.25) is 4.57 Å². The zero-order chi connectivity index (χ0) is 18.2. The van der Waals surface area contributed by atoms with Crippen LogP contribution in [0.4, 0.5) is 0 Å². The molecule has 0 spiro atoms. The van der Waals surface area contributed by atoms with Crippen LogP contribution in [0.3, 0.4) is 0 Å². The Morgan fingerprint density at radius 1 is 1.04 bits per heavy atom. The molecule has 24 heavy (non-hydrogen) atoms. The van der Waals surface area contributed by atoms with Crippen molar-refractivity contribution in [2.24, 2.45) is 0 Å². The summed E-state index contributed by atoms with van der Waals surface area (Å²) in [7, 11) is -3.74. The molecule has 2 rings (SSSR count). The highest BCUT2D eigenvalue weighted by molar-refractivity contribution is 7.62. The monoisotopic (exact) mass is 354 g/mol. The fourth-order valence-electron chi connectivity index (χ4n) is 2.63. The second-order valence-electron chi connectivity index (χ2n) is 6.97. The summed E-state index contributed by atoms with van der Waals surface area (Å²) in [6, 6.07) is 5.60. The fraction of sp³-hybridized carbons (Fsp3) is 0.647. The number of aryl methyl sites for hydroxylation is 1. The molecular formula is C17H28BO5P. The molecule has 0 aliphatic carbocycles. The second-order valence-corrected chi connectivity index (χ2v) is 8.96. The smallest absolute Gasteiger partial charge is 0.399 e. The van der Waals surface area contributed by atoms with Gasteiger partial charge in [0.2, 0.25) is 0 Å². The van der Waals surface area contributed by atoms with E-state index in [1.807, 2.05) is 46.8 Å². The zero-order valence-electron chi connectivity index (χ0n) is 15.7. The molecule has 0 radical (unpaired) electrons. The minimum Gasteiger partial charge on any atom is -0.399 e. The molecule has 134 valence electrons. The normalized spacial score (nSPS) is 19.7. The Hall–Kier alpha value is -0.645. The Morgan fingerprint density at radius 3 is 1.96 bits per heavy atom. The van der Waals surface area contributed by atoms with E-state index >= 15 is 0 Å². The van der Waals surface area contributed by atoms with Crippen LogP contribution < -0.4 is 10.8 Å². The third kappa shape index (κ3) is 3.63. The largest absolute Gasteiger partial charge is 0.494 e. The molecule has 0 unspecified atom stereocenters. The molecule has 0 amide bonds. The van der Waals surface area contributed by atoms with Gasteiger partial charge in [0.15, 0.2) is 0 Å². The van der Waals surface area contributed by atoms with Crippen molar-refractivity contribution in [3.05, 3.63) is 23.8 Å². The van der Waals surface area contributed by atoms with Gasteiger partial charge in [-0.1, -0.05) is 12.1 Å². The standard InChI is InChI=1S/C17H28BO5P/c1-8-20-24(19,21-9-2)15-11-10-14(12-13(15)3)18-22-16(4,5)17(6,7)23-18/h10-12H,8-9H2,1-7H3. The predicted molar refractivity (Wildman–Crippen MR) is 97.4 cm³/mol. The average molecular weight is 354 g/mol. The van der Waals surface area contributed by atoms with Crippen LogP contribution in [0.1, 0.15) is 47.1 Å². The van der Waals surface area contributed by atoms with Crippen LogP contribution in [0.2, 0.25) is 0 Å². The highest BCUT2D eigenvalue weighted by Crippen LogP contribution is 2.47. The van der Waals surface area contributed by atoms with Crippen LogP contribution in [0, 0.1) is 6.92 Å². The molecule has 0 bridgehead atoms. The van der Waals surface area contributed by atoms with Crippen molar-refractivity contribution in [3.8, 4) is 0 Å². The Balaban J connectivity index is 2.32. The summed E-state index contributed by atoms with van der Waals surface area (Å²) < 4.78 is 36.0. The van der Waals surface area contributed by atoms with E-state index in [2.05, 4.69) is 0 Å². The van der Waals surface area contributed by atoms with E-state index in [1.165, 1.54) is 0 Å². The number of benzene rings is 1. The van der Waals surface area contributed by atoms with E-state index in [-0.39, 0.29) is 0 Å². The van der Waals surface area contributed by atoms with Crippen molar-refractivity contribution >= 4 is 25.5 Å². The summed E-state index contributed by atoms with van der Waals surface area (Å²) in [6.45, 7) is 14.2. The van der Waals surface area contributed by atoms with E-state index in [0.717, 1.165) is 11.0 Å².